The second-order valence-corrected chi connectivity index (χ2v) is 6.49. The van der Waals surface area contributed by atoms with Crippen LogP contribution >= 0.6 is 0 Å². The molecular weight excluding hydrogens is 260 g/mol. The van der Waals surface area contributed by atoms with Gasteiger partial charge in [0.05, 0.1) is 6.61 Å². The van der Waals surface area contributed by atoms with Crippen LogP contribution < -0.4 is 5.32 Å². The second kappa shape index (κ2) is 6.91. The summed E-state index contributed by atoms with van der Waals surface area (Å²) in [6.45, 7) is 6.37. The van der Waals surface area contributed by atoms with Gasteiger partial charge in [0.25, 0.3) is 0 Å². The van der Waals surface area contributed by atoms with Crippen LogP contribution in [0.1, 0.15) is 43.4 Å². The van der Waals surface area contributed by atoms with Gasteiger partial charge in [-0.25, -0.2) is 0 Å². The lowest BCUT2D eigenvalue weighted by molar-refractivity contribution is 0.0778. The molecular formula is C18H28N2O. The van der Waals surface area contributed by atoms with E-state index in [1.807, 2.05) is 7.11 Å². The third-order valence-electron chi connectivity index (χ3n) is 5.11. The highest BCUT2D eigenvalue weighted by Crippen LogP contribution is 2.39. The van der Waals surface area contributed by atoms with E-state index in [1.165, 1.54) is 30.4 Å². The maximum absolute atomic E-state index is 5.38. The van der Waals surface area contributed by atoms with Gasteiger partial charge < -0.3 is 10.1 Å². The van der Waals surface area contributed by atoms with E-state index in [4.69, 9.17) is 4.74 Å². The molecule has 3 rings (SSSR count). The number of ether oxygens (including phenoxy) is 1. The number of methoxy groups -OCH3 is 1. The quantitative estimate of drug-likeness (QED) is 0.871. The Balaban J connectivity index is 1.86. The predicted molar refractivity (Wildman–Crippen MR) is 86.3 cm³/mol. The zero-order valence-electron chi connectivity index (χ0n) is 13.3. The van der Waals surface area contributed by atoms with Gasteiger partial charge in [0.2, 0.25) is 0 Å². The Morgan fingerprint density at radius 1 is 1.29 bits per heavy atom. The maximum Gasteiger partial charge on any atom is 0.0590 e. The van der Waals surface area contributed by atoms with E-state index in [0.29, 0.717) is 12.1 Å². The van der Waals surface area contributed by atoms with Crippen LogP contribution in [0.25, 0.3) is 0 Å². The van der Waals surface area contributed by atoms with Crippen LogP contribution in [0.4, 0.5) is 0 Å². The van der Waals surface area contributed by atoms with Gasteiger partial charge in [-0.3, -0.25) is 4.90 Å². The number of nitrogens with zero attached hydrogens (tertiary/aromatic N) is 1. The van der Waals surface area contributed by atoms with E-state index < -0.39 is 0 Å². The molecule has 1 aromatic carbocycles. The SMILES string of the molecule is COCCN(C1CCNCc2ccccc21)C(C)C1CC1. The van der Waals surface area contributed by atoms with Gasteiger partial charge in [-0.05, 0) is 49.8 Å². The largest absolute Gasteiger partial charge is 0.383 e. The third-order valence-corrected chi connectivity index (χ3v) is 5.11. The molecule has 2 unspecified atom stereocenters. The molecule has 1 aromatic rings. The van der Waals surface area contributed by atoms with Crippen LogP contribution in [-0.2, 0) is 11.3 Å². The monoisotopic (exact) mass is 288 g/mol. The molecule has 1 heterocycles. The summed E-state index contributed by atoms with van der Waals surface area (Å²) in [6, 6.07) is 10.1. The third kappa shape index (κ3) is 3.47. The van der Waals surface area contributed by atoms with Gasteiger partial charge >= 0.3 is 0 Å². The van der Waals surface area contributed by atoms with Crippen molar-refractivity contribution in [3.05, 3.63) is 35.4 Å². The Morgan fingerprint density at radius 3 is 2.86 bits per heavy atom. The van der Waals surface area contributed by atoms with E-state index in [0.717, 1.165) is 32.2 Å². The summed E-state index contributed by atoms with van der Waals surface area (Å²) in [5.74, 6) is 0.894. The molecule has 3 heteroatoms. The van der Waals surface area contributed by atoms with Crippen molar-refractivity contribution in [2.45, 2.75) is 44.8 Å². The molecule has 0 bridgehead atoms. The Hall–Kier alpha value is -0.900. The highest BCUT2D eigenvalue weighted by atomic mass is 16.5. The van der Waals surface area contributed by atoms with Crippen molar-refractivity contribution in [1.29, 1.82) is 0 Å². The fraction of sp³-hybridized carbons (Fsp3) is 0.667. The van der Waals surface area contributed by atoms with E-state index in [-0.39, 0.29) is 0 Å². The highest BCUT2D eigenvalue weighted by Gasteiger charge is 2.36. The number of nitrogens with one attached hydrogen (secondary N) is 1. The van der Waals surface area contributed by atoms with Crippen LogP contribution in [0.3, 0.4) is 0 Å². The molecule has 3 nitrogen and oxygen atoms in total. The summed E-state index contributed by atoms with van der Waals surface area (Å²) < 4.78 is 5.38. The van der Waals surface area contributed by atoms with Crippen LogP contribution in [-0.4, -0.2) is 37.7 Å². The number of rotatable bonds is 6. The minimum Gasteiger partial charge on any atom is -0.383 e. The summed E-state index contributed by atoms with van der Waals surface area (Å²) in [5, 5.41) is 3.57. The first kappa shape index (κ1) is 15.0. The molecule has 21 heavy (non-hydrogen) atoms. The van der Waals surface area contributed by atoms with Crippen molar-refractivity contribution in [3.8, 4) is 0 Å². The molecule has 0 saturated heterocycles. The molecule has 0 radical (unpaired) electrons. The van der Waals surface area contributed by atoms with Crippen molar-refractivity contribution in [3.63, 3.8) is 0 Å². The summed E-state index contributed by atoms with van der Waals surface area (Å²) in [7, 11) is 1.81. The Kier molecular flexibility index (Phi) is 4.94. The van der Waals surface area contributed by atoms with Crippen LogP contribution in [0.2, 0.25) is 0 Å². The Bertz CT molecular complexity index is 458. The molecule has 1 fully saturated rings. The fourth-order valence-corrected chi connectivity index (χ4v) is 3.67. The van der Waals surface area contributed by atoms with Crippen molar-refractivity contribution in [1.82, 2.24) is 10.2 Å². The van der Waals surface area contributed by atoms with Crippen molar-refractivity contribution in [2.75, 3.05) is 26.8 Å². The van der Waals surface area contributed by atoms with Gasteiger partial charge in [0.1, 0.15) is 0 Å². The zero-order chi connectivity index (χ0) is 14.7. The number of fused-ring (bicyclic) bond motifs is 1. The molecule has 0 spiro atoms. The molecule has 1 aliphatic carbocycles. The molecule has 1 N–H and O–H groups in total. The zero-order valence-corrected chi connectivity index (χ0v) is 13.3. The van der Waals surface area contributed by atoms with Gasteiger partial charge in [-0.1, -0.05) is 24.3 Å². The first-order valence-corrected chi connectivity index (χ1v) is 8.34. The van der Waals surface area contributed by atoms with Crippen molar-refractivity contribution < 1.29 is 4.74 Å². The molecule has 2 atom stereocenters. The van der Waals surface area contributed by atoms with Gasteiger partial charge in [-0.15, -0.1) is 0 Å². The molecule has 2 aliphatic rings. The second-order valence-electron chi connectivity index (χ2n) is 6.49. The first-order valence-electron chi connectivity index (χ1n) is 8.34. The minimum absolute atomic E-state index is 0.530. The van der Waals surface area contributed by atoms with Crippen LogP contribution in [0, 0.1) is 5.92 Å². The molecule has 1 aliphatic heterocycles. The summed E-state index contributed by atoms with van der Waals surface area (Å²) in [5.41, 5.74) is 2.98. The molecule has 116 valence electrons. The smallest absolute Gasteiger partial charge is 0.0590 e. The van der Waals surface area contributed by atoms with Crippen molar-refractivity contribution >= 4 is 0 Å². The maximum atomic E-state index is 5.38. The van der Waals surface area contributed by atoms with E-state index in [9.17, 15) is 0 Å². The van der Waals surface area contributed by atoms with E-state index in [1.54, 1.807) is 0 Å². The number of hydrogen-bond acceptors (Lipinski definition) is 3. The lowest BCUT2D eigenvalue weighted by Gasteiger charge is -2.37. The van der Waals surface area contributed by atoms with E-state index in [2.05, 4.69) is 41.4 Å². The average molecular weight is 288 g/mol. The first-order chi connectivity index (χ1) is 10.3. The minimum atomic E-state index is 0.530. The lowest BCUT2D eigenvalue weighted by atomic mass is 9.96. The average Bonchev–Trinajstić information content (AvgIpc) is 3.34. The van der Waals surface area contributed by atoms with Crippen molar-refractivity contribution in [2.24, 2.45) is 5.92 Å². The van der Waals surface area contributed by atoms with Gasteiger partial charge in [0.15, 0.2) is 0 Å². The standard InChI is InChI=1S/C18H28N2O/c1-14(15-7-8-15)20(11-12-21-2)18-9-10-19-13-16-5-3-4-6-17(16)18/h3-6,14-15,18-19H,7-13H2,1-2H3. The van der Waals surface area contributed by atoms with Gasteiger partial charge in [-0.2, -0.15) is 0 Å². The fourth-order valence-electron chi connectivity index (χ4n) is 3.67. The molecule has 1 saturated carbocycles. The van der Waals surface area contributed by atoms with E-state index >= 15 is 0 Å². The van der Waals surface area contributed by atoms with Crippen LogP contribution in [0.5, 0.6) is 0 Å². The number of benzene rings is 1. The molecule has 0 amide bonds. The van der Waals surface area contributed by atoms with Crippen LogP contribution in [0.15, 0.2) is 24.3 Å². The van der Waals surface area contributed by atoms with Gasteiger partial charge in [0, 0.05) is 32.3 Å². The summed E-state index contributed by atoms with van der Waals surface area (Å²) >= 11 is 0. The topological polar surface area (TPSA) is 24.5 Å². The summed E-state index contributed by atoms with van der Waals surface area (Å²) in [6.07, 6.45) is 3.99. The molecule has 0 aromatic heterocycles. The normalized spacial score (nSPS) is 23.7. The number of hydrogen-bond donors (Lipinski definition) is 1. The lowest BCUT2D eigenvalue weighted by Crippen LogP contribution is -2.40. The Labute approximate surface area is 128 Å². The predicted octanol–water partition coefficient (Wildman–Crippen LogP) is 2.97. The summed E-state index contributed by atoms with van der Waals surface area (Å²) in [4.78, 5) is 2.70. The highest BCUT2D eigenvalue weighted by molar-refractivity contribution is 5.31. The Morgan fingerprint density at radius 2 is 2.10 bits per heavy atom.